The van der Waals surface area contributed by atoms with Crippen molar-refractivity contribution in [1.29, 1.82) is 0 Å². The number of benzene rings is 1. The normalized spacial score (nSPS) is 19.6. The zero-order valence-corrected chi connectivity index (χ0v) is 13.0. The maximum atomic E-state index is 10.3. The number of aliphatic hydroxyl groups is 2. The third-order valence-electron chi connectivity index (χ3n) is 3.86. The largest absolute Gasteiger partial charge is 0.398 e. The van der Waals surface area contributed by atoms with Crippen LogP contribution < -0.4 is 5.73 Å². The fraction of sp³-hybridized carbons (Fsp3) is 0.625. The summed E-state index contributed by atoms with van der Waals surface area (Å²) in [5, 5.41) is 20.2. The molecule has 1 fully saturated rings. The molecule has 0 aromatic heterocycles. The van der Waals surface area contributed by atoms with Gasteiger partial charge in [-0.25, -0.2) is 0 Å². The third-order valence-corrected chi connectivity index (χ3v) is 3.86. The lowest BCUT2D eigenvalue weighted by Gasteiger charge is -2.38. The van der Waals surface area contributed by atoms with Crippen molar-refractivity contribution in [3.05, 3.63) is 29.8 Å². The molecule has 1 aromatic rings. The van der Waals surface area contributed by atoms with E-state index >= 15 is 0 Å². The van der Waals surface area contributed by atoms with Gasteiger partial charge in [0, 0.05) is 50.5 Å². The van der Waals surface area contributed by atoms with Crippen LogP contribution in [0.4, 0.5) is 5.69 Å². The van der Waals surface area contributed by atoms with Crippen LogP contribution in [-0.2, 0) is 0 Å². The zero-order valence-electron chi connectivity index (χ0n) is 13.0. The molecule has 0 amide bonds. The number of para-hydroxylation sites is 1. The molecule has 5 heteroatoms. The van der Waals surface area contributed by atoms with Crippen molar-refractivity contribution < 1.29 is 10.2 Å². The van der Waals surface area contributed by atoms with Crippen molar-refractivity contribution in [1.82, 2.24) is 9.80 Å². The van der Waals surface area contributed by atoms with Gasteiger partial charge in [0.1, 0.15) is 0 Å². The van der Waals surface area contributed by atoms with E-state index in [-0.39, 0.29) is 0 Å². The zero-order chi connectivity index (χ0) is 15.5. The lowest BCUT2D eigenvalue weighted by atomic mass is 10.1. The Morgan fingerprint density at radius 3 is 2.29 bits per heavy atom. The molecule has 1 atom stereocenters. The Balaban J connectivity index is 1.82. The molecule has 1 saturated heterocycles. The SMILES string of the molecule is CC(C)(O)CN1CCN(CC(O)c2ccccc2N)CC1. The smallest absolute Gasteiger partial charge is 0.0936 e. The van der Waals surface area contributed by atoms with E-state index < -0.39 is 11.7 Å². The van der Waals surface area contributed by atoms with Gasteiger partial charge < -0.3 is 15.9 Å². The summed E-state index contributed by atoms with van der Waals surface area (Å²) in [6.45, 7) is 8.60. The average molecular weight is 293 g/mol. The van der Waals surface area contributed by atoms with E-state index in [2.05, 4.69) is 9.80 Å². The summed E-state index contributed by atoms with van der Waals surface area (Å²) in [6.07, 6.45) is -0.549. The molecule has 5 nitrogen and oxygen atoms in total. The lowest BCUT2D eigenvalue weighted by molar-refractivity contribution is 0.0100. The molecule has 1 unspecified atom stereocenters. The number of nitrogens with two attached hydrogens (primary N) is 1. The van der Waals surface area contributed by atoms with Gasteiger partial charge in [0.25, 0.3) is 0 Å². The van der Waals surface area contributed by atoms with Crippen molar-refractivity contribution in [3.63, 3.8) is 0 Å². The van der Waals surface area contributed by atoms with Crippen molar-refractivity contribution in [2.75, 3.05) is 45.0 Å². The van der Waals surface area contributed by atoms with Crippen LogP contribution in [0.5, 0.6) is 0 Å². The number of anilines is 1. The molecule has 1 heterocycles. The number of rotatable bonds is 5. The van der Waals surface area contributed by atoms with E-state index in [0.29, 0.717) is 18.8 Å². The lowest BCUT2D eigenvalue weighted by Crippen LogP contribution is -2.51. The van der Waals surface area contributed by atoms with Crippen LogP contribution in [-0.4, -0.2) is 64.9 Å². The van der Waals surface area contributed by atoms with Crippen LogP contribution in [0.15, 0.2) is 24.3 Å². The minimum atomic E-state index is -0.653. The highest BCUT2D eigenvalue weighted by Gasteiger charge is 2.24. The van der Waals surface area contributed by atoms with Crippen LogP contribution in [0, 0.1) is 0 Å². The number of hydrogen-bond donors (Lipinski definition) is 3. The Kier molecular flexibility index (Phi) is 5.22. The van der Waals surface area contributed by atoms with Gasteiger partial charge in [0.15, 0.2) is 0 Å². The fourth-order valence-corrected chi connectivity index (χ4v) is 2.83. The van der Waals surface area contributed by atoms with Crippen LogP contribution >= 0.6 is 0 Å². The molecule has 1 aromatic carbocycles. The molecule has 4 N–H and O–H groups in total. The first-order valence-electron chi connectivity index (χ1n) is 7.55. The van der Waals surface area contributed by atoms with Gasteiger partial charge in [-0.2, -0.15) is 0 Å². The van der Waals surface area contributed by atoms with Gasteiger partial charge in [0.2, 0.25) is 0 Å². The Labute approximate surface area is 127 Å². The average Bonchev–Trinajstić information content (AvgIpc) is 2.40. The molecule has 0 saturated carbocycles. The fourth-order valence-electron chi connectivity index (χ4n) is 2.83. The Morgan fingerprint density at radius 1 is 1.14 bits per heavy atom. The van der Waals surface area contributed by atoms with Gasteiger partial charge >= 0.3 is 0 Å². The molecule has 0 aliphatic carbocycles. The molecule has 21 heavy (non-hydrogen) atoms. The first kappa shape index (κ1) is 16.2. The van der Waals surface area contributed by atoms with E-state index in [1.54, 1.807) is 0 Å². The molecule has 0 bridgehead atoms. The second-order valence-corrected chi connectivity index (χ2v) is 6.53. The molecule has 1 aliphatic heterocycles. The van der Waals surface area contributed by atoms with E-state index in [4.69, 9.17) is 5.73 Å². The van der Waals surface area contributed by atoms with Crippen molar-refractivity contribution in [3.8, 4) is 0 Å². The predicted molar refractivity (Wildman–Crippen MR) is 85.0 cm³/mol. The maximum absolute atomic E-state index is 10.3. The second-order valence-electron chi connectivity index (χ2n) is 6.53. The number of hydrogen-bond acceptors (Lipinski definition) is 5. The summed E-state index contributed by atoms with van der Waals surface area (Å²) in [5.74, 6) is 0. The number of piperazine rings is 1. The molecule has 118 valence electrons. The van der Waals surface area contributed by atoms with Gasteiger partial charge in [-0.3, -0.25) is 9.80 Å². The van der Waals surface area contributed by atoms with Gasteiger partial charge in [0.05, 0.1) is 11.7 Å². The highest BCUT2D eigenvalue weighted by Crippen LogP contribution is 2.21. The van der Waals surface area contributed by atoms with Crippen LogP contribution in [0.3, 0.4) is 0 Å². The minimum Gasteiger partial charge on any atom is -0.398 e. The predicted octanol–water partition coefficient (Wildman–Crippen LogP) is 0.691. The number of β-amino-alcohol motifs (C(OH)–C–C–N with tert-alkyl or cyclic N) is 2. The molecular weight excluding hydrogens is 266 g/mol. The standard InChI is InChI=1S/C16H27N3O2/c1-16(2,21)12-19-9-7-18(8-10-19)11-15(20)13-5-3-4-6-14(13)17/h3-6,15,20-21H,7-12,17H2,1-2H3. The quantitative estimate of drug-likeness (QED) is 0.697. The second kappa shape index (κ2) is 6.75. The monoisotopic (exact) mass is 293 g/mol. The van der Waals surface area contributed by atoms with Gasteiger partial charge in [-0.15, -0.1) is 0 Å². The van der Waals surface area contributed by atoms with Crippen LogP contribution in [0.25, 0.3) is 0 Å². The van der Waals surface area contributed by atoms with Gasteiger partial charge in [-0.05, 0) is 19.9 Å². The molecular formula is C16H27N3O2. The van der Waals surface area contributed by atoms with E-state index in [9.17, 15) is 10.2 Å². The molecule has 1 aliphatic rings. The number of nitrogens with zero attached hydrogens (tertiary/aromatic N) is 2. The molecule has 2 rings (SSSR count). The highest BCUT2D eigenvalue weighted by molar-refractivity contribution is 5.47. The van der Waals surface area contributed by atoms with E-state index in [1.807, 2.05) is 38.1 Å². The van der Waals surface area contributed by atoms with Crippen LogP contribution in [0.2, 0.25) is 0 Å². The van der Waals surface area contributed by atoms with Crippen LogP contribution in [0.1, 0.15) is 25.5 Å². The summed E-state index contributed by atoms with van der Waals surface area (Å²) >= 11 is 0. The third kappa shape index (κ3) is 4.97. The highest BCUT2D eigenvalue weighted by atomic mass is 16.3. The molecule has 0 spiro atoms. The van der Waals surface area contributed by atoms with Gasteiger partial charge in [-0.1, -0.05) is 18.2 Å². The molecule has 0 radical (unpaired) electrons. The van der Waals surface area contributed by atoms with Crippen molar-refractivity contribution in [2.24, 2.45) is 0 Å². The maximum Gasteiger partial charge on any atom is 0.0936 e. The summed E-state index contributed by atoms with van der Waals surface area (Å²) in [4.78, 5) is 4.51. The number of aliphatic hydroxyl groups excluding tert-OH is 1. The minimum absolute atomic E-state index is 0.549. The first-order chi connectivity index (χ1) is 9.85. The summed E-state index contributed by atoms with van der Waals surface area (Å²) in [6, 6.07) is 7.47. The Hall–Kier alpha value is -1.14. The van der Waals surface area contributed by atoms with E-state index in [1.165, 1.54) is 0 Å². The van der Waals surface area contributed by atoms with E-state index in [0.717, 1.165) is 31.7 Å². The Morgan fingerprint density at radius 2 is 1.71 bits per heavy atom. The summed E-state index contributed by atoms with van der Waals surface area (Å²) < 4.78 is 0. The Bertz CT molecular complexity index is 451. The number of nitrogen functional groups attached to an aromatic ring is 1. The summed E-state index contributed by atoms with van der Waals surface area (Å²) in [7, 11) is 0. The van der Waals surface area contributed by atoms with Crippen molar-refractivity contribution >= 4 is 5.69 Å². The summed E-state index contributed by atoms with van der Waals surface area (Å²) in [5.41, 5.74) is 6.70. The van der Waals surface area contributed by atoms with Crippen molar-refractivity contribution in [2.45, 2.75) is 25.6 Å². The topological polar surface area (TPSA) is 73.0 Å². The first-order valence-corrected chi connectivity index (χ1v) is 7.55.